The minimum absolute atomic E-state index is 0. The Morgan fingerprint density at radius 2 is 1.90 bits per heavy atom. The number of piperazine rings is 1. The van der Waals surface area contributed by atoms with Crippen LogP contribution >= 0.6 is 24.0 Å². The Hall–Kier alpha value is -1.55. The summed E-state index contributed by atoms with van der Waals surface area (Å²) in [4.78, 5) is 23.8. The molecule has 1 N–H and O–H groups in total. The van der Waals surface area contributed by atoms with Gasteiger partial charge in [0.25, 0.3) is 0 Å². The minimum atomic E-state index is 0. The fourth-order valence-corrected chi connectivity index (χ4v) is 3.71. The smallest absolute Gasteiger partial charge is 0.236 e. The molecule has 2 saturated heterocycles. The first-order valence-electron chi connectivity index (χ1n) is 10.4. The normalized spacial score (nSPS) is 18.3. The van der Waals surface area contributed by atoms with Crippen molar-refractivity contribution in [1.29, 1.82) is 0 Å². The highest BCUT2D eigenvalue weighted by atomic mass is 127. The number of rotatable bonds is 7. The number of nitrogens with one attached hydrogen (secondary N) is 1. The van der Waals surface area contributed by atoms with Crippen LogP contribution in [0.15, 0.2) is 40.5 Å². The molecule has 0 unspecified atom stereocenters. The lowest BCUT2D eigenvalue weighted by atomic mass is 10.1. The molecule has 8 heteroatoms. The summed E-state index contributed by atoms with van der Waals surface area (Å²) >= 11 is 0. The summed E-state index contributed by atoms with van der Waals surface area (Å²) < 4.78 is 5.38. The predicted molar refractivity (Wildman–Crippen MR) is 127 cm³/mol. The Bertz CT molecular complexity index is 636. The van der Waals surface area contributed by atoms with E-state index < -0.39 is 0 Å². The quantitative estimate of drug-likeness (QED) is 0.261. The number of hydrogen-bond acceptors (Lipinski definition) is 4. The molecule has 2 fully saturated rings. The SMILES string of the molecule is C=CCNC(=NCCc1ccco1)N1CCN(CC(=O)N2CCCCC2)CC1.I. The van der Waals surface area contributed by atoms with Crippen LogP contribution in [0.3, 0.4) is 0 Å². The monoisotopic (exact) mass is 515 g/mol. The van der Waals surface area contributed by atoms with Gasteiger partial charge in [-0.2, -0.15) is 0 Å². The molecule has 0 spiro atoms. The molecule has 0 aromatic carbocycles. The number of nitrogens with zero attached hydrogens (tertiary/aromatic N) is 4. The first-order chi connectivity index (χ1) is 13.8. The van der Waals surface area contributed by atoms with E-state index in [1.165, 1.54) is 6.42 Å². The van der Waals surface area contributed by atoms with Crippen molar-refractivity contribution in [2.24, 2.45) is 4.99 Å². The van der Waals surface area contributed by atoms with Crippen molar-refractivity contribution >= 4 is 35.8 Å². The number of piperidine rings is 1. The van der Waals surface area contributed by atoms with E-state index in [0.717, 1.165) is 70.3 Å². The lowest BCUT2D eigenvalue weighted by Crippen LogP contribution is -2.54. The van der Waals surface area contributed by atoms with Gasteiger partial charge in [-0.15, -0.1) is 30.6 Å². The Morgan fingerprint density at radius 1 is 1.14 bits per heavy atom. The fraction of sp³-hybridized carbons (Fsp3) is 0.619. The van der Waals surface area contributed by atoms with Crippen LogP contribution in [0.25, 0.3) is 0 Å². The highest BCUT2D eigenvalue weighted by Crippen LogP contribution is 2.10. The van der Waals surface area contributed by atoms with E-state index in [0.29, 0.717) is 19.6 Å². The standard InChI is InChI=1S/C21H33N5O2.HI/c1-2-9-22-21(23-10-8-19-7-6-17-28-19)26-15-13-24(14-16-26)18-20(27)25-11-4-3-5-12-25;/h2,6-7,17H,1,3-5,8-16,18H2,(H,22,23);1H. The topological polar surface area (TPSA) is 64.3 Å². The second-order valence-electron chi connectivity index (χ2n) is 7.41. The van der Waals surface area contributed by atoms with Crippen molar-refractivity contribution in [2.75, 3.05) is 58.9 Å². The van der Waals surface area contributed by atoms with Gasteiger partial charge in [-0.25, -0.2) is 0 Å². The summed E-state index contributed by atoms with van der Waals surface area (Å²) in [5, 5.41) is 3.36. The molecule has 2 aliphatic rings. The summed E-state index contributed by atoms with van der Waals surface area (Å²) in [6, 6.07) is 3.88. The van der Waals surface area contributed by atoms with E-state index in [1.54, 1.807) is 6.26 Å². The molecule has 0 bridgehead atoms. The van der Waals surface area contributed by atoms with Crippen LogP contribution in [-0.2, 0) is 11.2 Å². The number of furan rings is 1. The number of carbonyl (C=O) groups is 1. The highest BCUT2D eigenvalue weighted by molar-refractivity contribution is 14.0. The van der Waals surface area contributed by atoms with Crippen LogP contribution < -0.4 is 5.32 Å². The average molecular weight is 515 g/mol. The third-order valence-electron chi connectivity index (χ3n) is 5.34. The molecule has 3 heterocycles. The van der Waals surface area contributed by atoms with Gasteiger partial charge in [0.05, 0.1) is 12.8 Å². The Balaban J connectivity index is 0.00000300. The molecule has 7 nitrogen and oxygen atoms in total. The second-order valence-corrected chi connectivity index (χ2v) is 7.41. The maximum atomic E-state index is 12.5. The van der Waals surface area contributed by atoms with E-state index in [-0.39, 0.29) is 29.9 Å². The molecular weight excluding hydrogens is 481 g/mol. The van der Waals surface area contributed by atoms with Gasteiger partial charge in [-0.3, -0.25) is 14.7 Å². The largest absolute Gasteiger partial charge is 0.469 e. The highest BCUT2D eigenvalue weighted by Gasteiger charge is 2.24. The van der Waals surface area contributed by atoms with Crippen molar-refractivity contribution < 1.29 is 9.21 Å². The van der Waals surface area contributed by atoms with Gasteiger partial charge < -0.3 is 19.5 Å². The Kier molecular flexibility index (Phi) is 10.5. The number of hydrogen-bond donors (Lipinski definition) is 1. The van der Waals surface area contributed by atoms with Crippen LogP contribution in [0.1, 0.15) is 25.0 Å². The van der Waals surface area contributed by atoms with Crippen molar-refractivity contribution in [2.45, 2.75) is 25.7 Å². The first kappa shape index (κ1) is 23.7. The number of amides is 1. The molecule has 0 atom stereocenters. The number of halogens is 1. The summed E-state index contributed by atoms with van der Waals surface area (Å²) in [7, 11) is 0. The lowest BCUT2D eigenvalue weighted by Gasteiger charge is -2.37. The third kappa shape index (κ3) is 7.65. The summed E-state index contributed by atoms with van der Waals surface area (Å²) in [6.07, 6.45) is 7.87. The molecule has 1 aromatic heterocycles. The predicted octanol–water partition coefficient (Wildman–Crippen LogP) is 2.20. The van der Waals surface area contributed by atoms with E-state index in [4.69, 9.17) is 9.41 Å². The summed E-state index contributed by atoms with van der Waals surface area (Å²) in [6.45, 7) is 11.1. The zero-order valence-electron chi connectivity index (χ0n) is 17.2. The number of guanidine groups is 1. The van der Waals surface area contributed by atoms with E-state index in [9.17, 15) is 4.79 Å². The molecule has 0 saturated carbocycles. The zero-order chi connectivity index (χ0) is 19.6. The van der Waals surface area contributed by atoms with Gasteiger partial charge in [-0.1, -0.05) is 6.08 Å². The molecule has 162 valence electrons. The Labute approximate surface area is 191 Å². The van der Waals surface area contributed by atoms with E-state index >= 15 is 0 Å². The van der Waals surface area contributed by atoms with Gasteiger partial charge in [0.15, 0.2) is 5.96 Å². The van der Waals surface area contributed by atoms with Gasteiger partial charge >= 0.3 is 0 Å². The van der Waals surface area contributed by atoms with Crippen LogP contribution in [-0.4, -0.2) is 85.5 Å². The molecule has 2 aliphatic heterocycles. The zero-order valence-corrected chi connectivity index (χ0v) is 19.6. The van der Waals surface area contributed by atoms with Crippen molar-refractivity contribution in [3.05, 3.63) is 36.8 Å². The van der Waals surface area contributed by atoms with E-state index in [1.807, 2.05) is 23.1 Å². The second kappa shape index (κ2) is 12.9. The molecule has 1 amide bonds. The first-order valence-corrected chi connectivity index (χ1v) is 10.4. The lowest BCUT2D eigenvalue weighted by molar-refractivity contribution is -0.133. The van der Waals surface area contributed by atoms with Crippen molar-refractivity contribution in [3.63, 3.8) is 0 Å². The molecule has 29 heavy (non-hydrogen) atoms. The minimum Gasteiger partial charge on any atom is -0.469 e. The summed E-state index contributed by atoms with van der Waals surface area (Å²) in [5.74, 6) is 2.14. The average Bonchev–Trinajstić information content (AvgIpc) is 3.25. The molecule has 3 rings (SSSR count). The van der Waals surface area contributed by atoms with Gasteiger partial charge in [-0.05, 0) is 31.4 Å². The number of aliphatic imine (C=N–C) groups is 1. The molecular formula is C21H34IN5O2. The Morgan fingerprint density at radius 3 is 2.55 bits per heavy atom. The van der Waals surface area contributed by atoms with E-state index in [2.05, 4.69) is 21.7 Å². The molecule has 0 aliphatic carbocycles. The fourth-order valence-electron chi connectivity index (χ4n) is 3.71. The third-order valence-corrected chi connectivity index (χ3v) is 5.34. The van der Waals surface area contributed by atoms with Crippen LogP contribution in [0.2, 0.25) is 0 Å². The number of likely N-dealkylation sites (tertiary alicyclic amines) is 1. The maximum Gasteiger partial charge on any atom is 0.236 e. The maximum absolute atomic E-state index is 12.5. The summed E-state index contributed by atoms with van der Waals surface area (Å²) in [5.41, 5.74) is 0. The van der Waals surface area contributed by atoms with Gasteiger partial charge in [0.1, 0.15) is 5.76 Å². The van der Waals surface area contributed by atoms with Gasteiger partial charge in [0.2, 0.25) is 5.91 Å². The van der Waals surface area contributed by atoms with Gasteiger partial charge in [0, 0.05) is 58.8 Å². The van der Waals surface area contributed by atoms with Crippen LogP contribution in [0, 0.1) is 0 Å². The molecule has 1 aromatic rings. The van der Waals surface area contributed by atoms with Crippen molar-refractivity contribution in [1.82, 2.24) is 20.0 Å². The van der Waals surface area contributed by atoms with Crippen LogP contribution in [0.4, 0.5) is 0 Å². The number of carbonyl (C=O) groups excluding carboxylic acids is 1. The van der Waals surface area contributed by atoms with Crippen LogP contribution in [0.5, 0.6) is 0 Å². The molecule has 0 radical (unpaired) electrons. The van der Waals surface area contributed by atoms with Crippen molar-refractivity contribution in [3.8, 4) is 0 Å².